The van der Waals surface area contributed by atoms with Gasteiger partial charge in [0.2, 0.25) is 0 Å². The summed E-state index contributed by atoms with van der Waals surface area (Å²) >= 11 is 0. The monoisotopic (exact) mass is 427 g/mol. The summed E-state index contributed by atoms with van der Waals surface area (Å²) in [7, 11) is 1.72. The first kappa shape index (κ1) is 23.1. The van der Waals surface area contributed by atoms with Crippen molar-refractivity contribution in [3.8, 4) is 6.07 Å². The molecule has 0 aromatic heterocycles. The number of rotatable bonds is 5. The summed E-state index contributed by atoms with van der Waals surface area (Å²) < 4.78 is 12.0. The van der Waals surface area contributed by atoms with Gasteiger partial charge in [-0.2, -0.15) is 5.26 Å². The van der Waals surface area contributed by atoms with E-state index in [4.69, 9.17) is 9.47 Å². The Morgan fingerprint density at radius 3 is 2.52 bits per heavy atom. The minimum Gasteiger partial charge on any atom is -0.444 e. The fourth-order valence-corrected chi connectivity index (χ4v) is 4.05. The maximum Gasteiger partial charge on any atom is 0.410 e. The van der Waals surface area contributed by atoms with E-state index in [1.807, 2.05) is 25.7 Å². The third-order valence-electron chi connectivity index (χ3n) is 6.02. The first-order valence-corrected chi connectivity index (χ1v) is 10.9. The highest BCUT2D eigenvalue weighted by atomic mass is 16.6. The number of carbonyl (C=O) groups is 2. The molecule has 2 fully saturated rings. The van der Waals surface area contributed by atoms with Crippen LogP contribution in [0.3, 0.4) is 0 Å². The molecule has 1 unspecified atom stereocenters. The van der Waals surface area contributed by atoms with E-state index in [0.29, 0.717) is 37.2 Å². The molecule has 31 heavy (non-hydrogen) atoms. The van der Waals surface area contributed by atoms with Gasteiger partial charge < -0.3 is 19.3 Å². The van der Waals surface area contributed by atoms with Gasteiger partial charge in [0.15, 0.2) is 0 Å². The predicted octanol–water partition coefficient (Wildman–Crippen LogP) is 3.97. The SMILES string of the molecule is CCC1(CCN(C)C(=O)OC(C)(C)C)CN(C(=O)c2ccccc2C#N)CC2(CC2)O1. The number of amides is 2. The highest BCUT2D eigenvalue weighted by Gasteiger charge is 2.55. The number of morpholine rings is 1. The van der Waals surface area contributed by atoms with E-state index in [9.17, 15) is 14.9 Å². The lowest BCUT2D eigenvalue weighted by molar-refractivity contribution is -0.166. The van der Waals surface area contributed by atoms with E-state index in [1.165, 1.54) is 0 Å². The molecule has 3 rings (SSSR count). The minimum absolute atomic E-state index is 0.134. The molecule has 0 N–H and O–H groups in total. The topological polar surface area (TPSA) is 82.9 Å². The van der Waals surface area contributed by atoms with Crippen molar-refractivity contribution in [3.63, 3.8) is 0 Å². The maximum atomic E-state index is 13.3. The van der Waals surface area contributed by atoms with Crippen LogP contribution in [0, 0.1) is 11.3 Å². The lowest BCUT2D eigenvalue weighted by atomic mass is 9.91. The van der Waals surface area contributed by atoms with Gasteiger partial charge in [0.25, 0.3) is 5.91 Å². The van der Waals surface area contributed by atoms with Crippen molar-refractivity contribution in [3.05, 3.63) is 35.4 Å². The maximum absolute atomic E-state index is 13.3. The van der Waals surface area contributed by atoms with Gasteiger partial charge in [-0.15, -0.1) is 0 Å². The number of hydrogen-bond donors (Lipinski definition) is 0. The Kier molecular flexibility index (Phi) is 6.33. The average Bonchev–Trinajstić information content (AvgIpc) is 3.47. The number of ether oxygens (including phenoxy) is 2. The third kappa shape index (κ3) is 5.37. The summed E-state index contributed by atoms with van der Waals surface area (Å²) in [4.78, 5) is 29.1. The minimum atomic E-state index is -0.551. The molecule has 0 radical (unpaired) electrons. The van der Waals surface area contributed by atoms with Crippen molar-refractivity contribution in [2.45, 2.75) is 70.2 Å². The molecule has 1 aliphatic heterocycles. The van der Waals surface area contributed by atoms with Crippen LogP contribution in [0.5, 0.6) is 0 Å². The second-order valence-electron chi connectivity index (χ2n) is 9.79. The average molecular weight is 428 g/mol. The van der Waals surface area contributed by atoms with E-state index in [-0.39, 0.29) is 17.6 Å². The smallest absolute Gasteiger partial charge is 0.410 e. The zero-order valence-electron chi connectivity index (χ0n) is 19.2. The van der Waals surface area contributed by atoms with Crippen molar-refractivity contribution in [2.75, 3.05) is 26.7 Å². The summed E-state index contributed by atoms with van der Waals surface area (Å²) in [5, 5.41) is 9.41. The fraction of sp³-hybridized carbons (Fsp3) is 0.625. The van der Waals surface area contributed by atoms with E-state index < -0.39 is 11.2 Å². The number of benzene rings is 1. The first-order valence-electron chi connectivity index (χ1n) is 10.9. The highest BCUT2D eigenvalue weighted by molar-refractivity contribution is 5.96. The zero-order chi connectivity index (χ0) is 22.9. The van der Waals surface area contributed by atoms with Gasteiger partial charge in [-0.05, 0) is 58.6 Å². The van der Waals surface area contributed by atoms with Crippen molar-refractivity contribution in [2.24, 2.45) is 0 Å². The molecule has 1 saturated carbocycles. The van der Waals surface area contributed by atoms with E-state index >= 15 is 0 Å². The molecule has 1 heterocycles. The first-order chi connectivity index (χ1) is 14.5. The summed E-state index contributed by atoms with van der Waals surface area (Å²) in [6.45, 7) is 9.03. The third-order valence-corrected chi connectivity index (χ3v) is 6.02. The molecule has 1 spiro atoms. The van der Waals surface area contributed by atoms with Crippen molar-refractivity contribution < 1.29 is 19.1 Å². The molecule has 1 saturated heterocycles. The highest BCUT2D eigenvalue weighted by Crippen LogP contribution is 2.48. The Labute approximate surface area is 184 Å². The van der Waals surface area contributed by atoms with Gasteiger partial charge in [0, 0.05) is 13.6 Å². The van der Waals surface area contributed by atoms with Crippen LogP contribution in [-0.4, -0.2) is 65.3 Å². The standard InChI is InChI=1S/C24H33N3O4/c1-6-23(13-14-26(5)21(29)30-22(2,3)4)16-27(17-24(31-23)11-12-24)20(28)19-10-8-7-9-18(19)15-25/h7-10H,6,11-14,16-17H2,1-5H3. The summed E-state index contributed by atoms with van der Waals surface area (Å²) in [6.07, 6.45) is 2.79. The fourth-order valence-electron chi connectivity index (χ4n) is 4.05. The number of hydrogen-bond acceptors (Lipinski definition) is 5. The van der Waals surface area contributed by atoms with Crippen LogP contribution in [0.1, 0.15) is 69.3 Å². The molecule has 0 bridgehead atoms. The lowest BCUT2D eigenvalue weighted by Crippen LogP contribution is -2.59. The molecule has 7 heteroatoms. The molecule has 2 amide bonds. The van der Waals surface area contributed by atoms with Crippen LogP contribution in [0.2, 0.25) is 0 Å². The largest absolute Gasteiger partial charge is 0.444 e. The summed E-state index contributed by atoms with van der Waals surface area (Å²) in [5.41, 5.74) is -0.586. The predicted molar refractivity (Wildman–Crippen MR) is 117 cm³/mol. The van der Waals surface area contributed by atoms with Gasteiger partial charge in [-0.1, -0.05) is 19.1 Å². The van der Waals surface area contributed by atoms with Crippen LogP contribution in [0.15, 0.2) is 24.3 Å². The molecule has 1 aromatic carbocycles. The van der Waals surface area contributed by atoms with Gasteiger partial charge in [-0.3, -0.25) is 4.79 Å². The molecule has 168 valence electrons. The van der Waals surface area contributed by atoms with Crippen LogP contribution < -0.4 is 0 Å². The Balaban J connectivity index is 1.75. The Bertz CT molecular complexity index is 882. The summed E-state index contributed by atoms with van der Waals surface area (Å²) in [6, 6.07) is 9.04. The molecular weight excluding hydrogens is 394 g/mol. The van der Waals surface area contributed by atoms with Crippen molar-refractivity contribution >= 4 is 12.0 Å². The molecule has 1 atom stereocenters. The van der Waals surface area contributed by atoms with E-state index in [1.54, 1.807) is 36.2 Å². The molecule has 7 nitrogen and oxygen atoms in total. The molecular formula is C24H33N3O4. The van der Waals surface area contributed by atoms with Gasteiger partial charge >= 0.3 is 6.09 Å². The second-order valence-corrected chi connectivity index (χ2v) is 9.79. The summed E-state index contributed by atoms with van der Waals surface area (Å²) in [5.74, 6) is -0.134. The van der Waals surface area contributed by atoms with Gasteiger partial charge in [-0.25, -0.2) is 4.79 Å². The lowest BCUT2D eigenvalue weighted by Gasteiger charge is -2.47. The van der Waals surface area contributed by atoms with E-state index in [0.717, 1.165) is 19.3 Å². The van der Waals surface area contributed by atoms with Gasteiger partial charge in [0.05, 0.1) is 41.5 Å². The van der Waals surface area contributed by atoms with Crippen LogP contribution in [0.4, 0.5) is 4.79 Å². The number of carbonyl (C=O) groups excluding carboxylic acids is 2. The van der Waals surface area contributed by atoms with Crippen LogP contribution >= 0.6 is 0 Å². The van der Waals surface area contributed by atoms with Gasteiger partial charge in [0.1, 0.15) is 5.60 Å². The van der Waals surface area contributed by atoms with Crippen molar-refractivity contribution in [1.29, 1.82) is 5.26 Å². The quantitative estimate of drug-likeness (QED) is 0.710. The molecule has 1 aromatic rings. The van der Waals surface area contributed by atoms with Crippen molar-refractivity contribution in [1.82, 2.24) is 9.80 Å². The Morgan fingerprint density at radius 2 is 1.94 bits per heavy atom. The molecule has 2 aliphatic rings. The Hall–Kier alpha value is -2.59. The van der Waals surface area contributed by atoms with E-state index in [2.05, 4.69) is 13.0 Å². The second kappa shape index (κ2) is 8.51. The number of nitriles is 1. The normalized spacial score (nSPS) is 22.0. The van der Waals surface area contributed by atoms with Crippen LogP contribution in [0.25, 0.3) is 0 Å². The zero-order valence-corrected chi connectivity index (χ0v) is 19.2. The Morgan fingerprint density at radius 1 is 1.26 bits per heavy atom. The number of nitrogens with zero attached hydrogens (tertiary/aromatic N) is 3. The molecule has 1 aliphatic carbocycles. The van der Waals surface area contributed by atoms with Crippen LogP contribution in [-0.2, 0) is 9.47 Å².